The second-order valence-electron chi connectivity index (χ2n) is 5.42. The Morgan fingerprint density at radius 3 is 2.50 bits per heavy atom. The molecule has 1 amide bonds. The number of H-pyrrole nitrogens is 1. The first-order valence-electron chi connectivity index (χ1n) is 7.13. The molecule has 116 valence electrons. The van der Waals surface area contributed by atoms with Gasteiger partial charge in [0, 0.05) is 11.6 Å². The van der Waals surface area contributed by atoms with E-state index in [0.29, 0.717) is 17.0 Å². The van der Waals surface area contributed by atoms with E-state index in [9.17, 15) is 9.59 Å². The molecule has 1 heterocycles. The highest BCUT2D eigenvalue weighted by Crippen LogP contribution is 2.07. The van der Waals surface area contributed by atoms with Gasteiger partial charge in [0.2, 0.25) is 5.91 Å². The summed E-state index contributed by atoms with van der Waals surface area (Å²) in [5.74, 6) is -0.347. The Morgan fingerprint density at radius 2 is 1.91 bits per heavy atom. The lowest BCUT2D eigenvalue weighted by Crippen LogP contribution is -2.26. The minimum Gasteiger partial charge on any atom is -0.295 e. The number of nitrogens with zero attached hydrogens (tertiary/aromatic N) is 2. The highest BCUT2D eigenvalue weighted by Gasteiger charge is 2.15. The van der Waals surface area contributed by atoms with Crippen LogP contribution in [0.4, 0.5) is 0 Å². The van der Waals surface area contributed by atoms with Gasteiger partial charge in [-0.1, -0.05) is 32.0 Å². The van der Waals surface area contributed by atoms with Crippen molar-refractivity contribution in [1.29, 1.82) is 0 Å². The molecule has 0 saturated heterocycles. The van der Waals surface area contributed by atoms with Crippen molar-refractivity contribution in [2.45, 2.75) is 27.7 Å². The number of hydrazone groups is 1. The molecule has 6 nitrogen and oxygen atoms in total. The molecule has 2 rings (SSSR count). The molecule has 0 atom stereocenters. The van der Waals surface area contributed by atoms with Crippen LogP contribution in [0.1, 0.15) is 32.0 Å². The summed E-state index contributed by atoms with van der Waals surface area (Å²) < 4.78 is 1.47. The maximum atomic E-state index is 12.5. The Bertz CT molecular complexity index is 754. The fourth-order valence-electron chi connectivity index (χ4n) is 2.06. The topological polar surface area (TPSA) is 79.2 Å². The number of aryl methyl sites for hydroxylation is 1. The number of hydrogen-bond donors (Lipinski definition) is 2. The lowest BCUT2D eigenvalue weighted by Gasteiger charge is -2.03. The summed E-state index contributed by atoms with van der Waals surface area (Å²) in [6.07, 6.45) is 0. The first-order valence-corrected chi connectivity index (χ1v) is 7.13. The standard InChI is InChI=1S/C16H20N4O2/c1-10(2)15(21)18-17-11(3)14-12(4)19-20(16(14)22)13-8-6-5-7-9-13/h5-10,19H,1-4H3,(H,18,21)/b17-11+. The first kappa shape index (κ1) is 15.8. The van der Waals surface area contributed by atoms with E-state index in [2.05, 4.69) is 15.6 Å². The van der Waals surface area contributed by atoms with Crippen LogP contribution in [0.5, 0.6) is 0 Å². The maximum absolute atomic E-state index is 12.5. The van der Waals surface area contributed by atoms with E-state index in [4.69, 9.17) is 0 Å². The quantitative estimate of drug-likeness (QED) is 0.669. The van der Waals surface area contributed by atoms with Crippen molar-refractivity contribution in [2.24, 2.45) is 11.0 Å². The van der Waals surface area contributed by atoms with Crippen LogP contribution in [0.3, 0.4) is 0 Å². The van der Waals surface area contributed by atoms with E-state index >= 15 is 0 Å². The smallest absolute Gasteiger partial charge is 0.280 e. The molecule has 0 spiro atoms. The van der Waals surface area contributed by atoms with Gasteiger partial charge < -0.3 is 0 Å². The predicted molar refractivity (Wildman–Crippen MR) is 86.3 cm³/mol. The lowest BCUT2D eigenvalue weighted by atomic mass is 10.2. The molecular weight excluding hydrogens is 280 g/mol. The first-order chi connectivity index (χ1) is 10.4. The van der Waals surface area contributed by atoms with Gasteiger partial charge in [-0.2, -0.15) is 5.10 Å². The predicted octanol–water partition coefficient (Wildman–Crippen LogP) is 1.97. The summed E-state index contributed by atoms with van der Waals surface area (Å²) in [5.41, 5.74) is 4.67. The van der Waals surface area contributed by atoms with Gasteiger partial charge in [0.1, 0.15) is 0 Å². The van der Waals surface area contributed by atoms with Crippen LogP contribution in [0.2, 0.25) is 0 Å². The number of aromatic amines is 1. The van der Waals surface area contributed by atoms with Crippen LogP contribution in [0.15, 0.2) is 40.2 Å². The fraction of sp³-hybridized carbons (Fsp3) is 0.312. The highest BCUT2D eigenvalue weighted by molar-refractivity contribution is 6.00. The number of nitrogens with one attached hydrogen (secondary N) is 2. The summed E-state index contributed by atoms with van der Waals surface area (Å²) in [6.45, 7) is 7.07. The van der Waals surface area contributed by atoms with Crippen molar-refractivity contribution in [3.05, 3.63) is 51.9 Å². The second kappa shape index (κ2) is 6.43. The van der Waals surface area contributed by atoms with E-state index in [0.717, 1.165) is 5.69 Å². The molecule has 1 aromatic carbocycles. The van der Waals surface area contributed by atoms with Gasteiger partial charge in [-0.15, -0.1) is 0 Å². The lowest BCUT2D eigenvalue weighted by molar-refractivity contribution is -0.123. The fourth-order valence-corrected chi connectivity index (χ4v) is 2.06. The van der Waals surface area contributed by atoms with Gasteiger partial charge in [0.05, 0.1) is 17.0 Å². The third-order valence-corrected chi connectivity index (χ3v) is 3.31. The second-order valence-corrected chi connectivity index (χ2v) is 5.42. The molecule has 0 aliphatic rings. The molecule has 1 aromatic heterocycles. The van der Waals surface area contributed by atoms with Crippen LogP contribution in [0.25, 0.3) is 5.69 Å². The van der Waals surface area contributed by atoms with Crippen molar-refractivity contribution in [3.63, 3.8) is 0 Å². The molecule has 0 aliphatic carbocycles. The van der Waals surface area contributed by atoms with Crippen molar-refractivity contribution >= 4 is 11.6 Å². The number of carbonyl (C=O) groups excluding carboxylic acids is 1. The van der Waals surface area contributed by atoms with Crippen LogP contribution < -0.4 is 11.0 Å². The molecule has 0 radical (unpaired) electrons. The summed E-state index contributed by atoms with van der Waals surface area (Å²) >= 11 is 0. The summed E-state index contributed by atoms with van der Waals surface area (Å²) in [4.78, 5) is 24.1. The minimum absolute atomic E-state index is 0.162. The monoisotopic (exact) mass is 300 g/mol. The van der Waals surface area contributed by atoms with E-state index < -0.39 is 0 Å². The third kappa shape index (κ3) is 3.16. The average Bonchev–Trinajstić information content (AvgIpc) is 2.80. The SMILES string of the molecule is C/C(=N\NC(=O)C(C)C)c1c(C)[nH]n(-c2ccccc2)c1=O. The Kier molecular flexibility index (Phi) is 4.60. The van der Waals surface area contributed by atoms with Crippen LogP contribution in [-0.4, -0.2) is 21.4 Å². The zero-order chi connectivity index (χ0) is 16.3. The minimum atomic E-state index is -0.191. The molecule has 6 heteroatoms. The summed E-state index contributed by atoms with van der Waals surface area (Å²) in [6, 6.07) is 9.30. The molecule has 0 fully saturated rings. The van der Waals surface area contributed by atoms with E-state index in [-0.39, 0.29) is 17.4 Å². The van der Waals surface area contributed by atoms with Gasteiger partial charge in [0.15, 0.2) is 0 Å². The van der Waals surface area contributed by atoms with Crippen molar-refractivity contribution in [1.82, 2.24) is 15.2 Å². The van der Waals surface area contributed by atoms with Crippen molar-refractivity contribution < 1.29 is 4.79 Å². The van der Waals surface area contributed by atoms with Crippen LogP contribution in [-0.2, 0) is 4.79 Å². The summed E-state index contributed by atoms with van der Waals surface area (Å²) in [5, 5.41) is 7.06. The molecule has 0 unspecified atom stereocenters. The van der Waals surface area contributed by atoms with Gasteiger partial charge in [0.25, 0.3) is 5.56 Å². The summed E-state index contributed by atoms with van der Waals surface area (Å²) in [7, 11) is 0. The Labute approximate surface area is 128 Å². The van der Waals surface area contributed by atoms with Crippen molar-refractivity contribution in [2.75, 3.05) is 0 Å². The molecule has 2 aromatic rings. The van der Waals surface area contributed by atoms with Gasteiger partial charge in [-0.25, -0.2) is 10.1 Å². The number of amides is 1. The van der Waals surface area contributed by atoms with E-state index in [1.54, 1.807) is 27.7 Å². The number of benzene rings is 1. The molecule has 0 aliphatic heterocycles. The Hall–Kier alpha value is -2.63. The molecule has 0 bridgehead atoms. The number of para-hydroxylation sites is 1. The van der Waals surface area contributed by atoms with Crippen LogP contribution in [0, 0.1) is 12.8 Å². The average molecular weight is 300 g/mol. The molecule has 22 heavy (non-hydrogen) atoms. The maximum Gasteiger partial charge on any atom is 0.280 e. The Morgan fingerprint density at radius 1 is 1.27 bits per heavy atom. The molecule has 2 N–H and O–H groups in total. The normalized spacial score (nSPS) is 11.8. The molecular formula is C16H20N4O2. The molecule has 0 saturated carbocycles. The number of aromatic nitrogens is 2. The number of carbonyl (C=O) groups is 1. The van der Waals surface area contributed by atoms with Gasteiger partial charge in [-0.05, 0) is 26.0 Å². The van der Waals surface area contributed by atoms with E-state index in [1.165, 1.54) is 4.68 Å². The zero-order valence-electron chi connectivity index (χ0n) is 13.2. The third-order valence-electron chi connectivity index (χ3n) is 3.31. The highest BCUT2D eigenvalue weighted by atomic mass is 16.2. The van der Waals surface area contributed by atoms with Gasteiger partial charge >= 0.3 is 0 Å². The van der Waals surface area contributed by atoms with E-state index in [1.807, 2.05) is 30.3 Å². The Balaban J connectivity index is 2.37. The van der Waals surface area contributed by atoms with Crippen LogP contribution >= 0.6 is 0 Å². The zero-order valence-corrected chi connectivity index (χ0v) is 13.2. The van der Waals surface area contributed by atoms with Gasteiger partial charge in [-0.3, -0.25) is 14.7 Å². The number of rotatable bonds is 4. The largest absolute Gasteiger partial charge is 0.295 e. The van der Waals surface area contributed by atoms with Crippen molar-refractivity contribution in [3.8, 4) is 5.69 Å². The number of hydrogen-bond acceptors (Lipinski definition) is 3.